The number of rotatable bonds is 21. The van der Waals surface area contributed by atoms with Gasteiger partial charge in [-0.15, -0.1) is 11.8 Å². The monoisotopic (exact) mass is 572 g/mol. The summed E-state index contributed by atoms with van der Waals surface area (Å²) in [6, 6.07) is 1.81. The van der Waals surface area contributed by atoms with Crippen LogP contribution >= 0.6 is 11.8 Å². The van der Waals surface area contributed by atoms with E-state index < -0.39 is 23.5 Å². The van der Waals surface area contributed by atoms with E-state index in [1.54, 1.807) is 6.07 Å². The standard InChI is InChI=1S/C27H44N2O9S/c1-6-10-21(28-25(31)22-19-39-26(29-22)27(5,36-8-3)37-9-4)23-17-20(18-24(30)38-23)35-16-15-34-14-13-33-12-11-32-7-2/h17-18,21-22H,6-16,19H2,1-5H3,(H,28,31). The van der Waals surface area contributed by atoms with Gasteiger partial charge in [0.15, 0.2) is 0 Å². The average Bonchev–Trinajstić information content (AvgIpc) is 3.41. The molecule has 1 amide bonds. The van der Waals surface area contributed by atoms with Crippen molar-refractivity contribution in [1.82, 2.24) is 5.32 Å². The minimum atomic E-state index is -0.981. The molecule has 2 unspecified atom stereocenters. The Hall–Kier alpha value is -1.96. The molecule has 39 heavy (non-hydrogen) atoms. The number of nitrogens with zero attached hydrogens (tertiary/aromatic N) is 1. The molecule has 0 radical (unpaired) electrons. The second-order valence-corrected chi connectivity index (χ2v) is 9.72. The molecule has 1 aliphatic heterocycles. The summed E-state index contributed by atoms with van der Waals surface area (Å²) >= 11 is 1.45. The summed E-state index contributed by atoms with van der Waals surface area (Å²) in [5.74, 6) is -0.0727. The van der Waals surface area contributed by atoms with Gasteiger partial charge in [-0.25, -0.2) is 4.79 Å². The molecule has 11 nitrogen and oxygen atoms in total. The van der Waals surface area contributed by atoms with Crippen LogP contribution in [0.25, 0.3) is 0 Å². The molecule has 0 aromatic carbocycles. The fourth-order valence-electron chi connectivity index (χ4n) is 3.85. The molecule has 0 bridgehead atoms. The van der Waals surface area contributed by atoms with Gasteiger partial charge in [0.1, 0.15) is 29.2 Å². The van der Waals surface area contributed by atoms with E-state index in [2.05, 4.69) is 10.3 Å². The highest BCUT2D eigenvalue weighted by atomic mass is 32.2. The Morgan fingerprint density at radius 1 is 1.03 bits per heavy atom. The summed E-state index contributed by atoms with van der Waals surface area (Å²) in [5, 5.41) is 3.64. The van der Waals surface area contributed by atoms with Crippen LogP contribution in [-0.4, -0.2) is 88.0 Å². The number of carbonyl (C=O) groups excluding carboxylic acids is 1. The van der Waals surface area contributed by atoms with E-state index in [9.17, 15) is 9.59 Å². The summed E-state index contributed by atoms with van der Waals surface area (Å²) in [4.78, 5) is 30.0. The number of nitrogens with one attached hydrogen (secondary N) is 1. The van der Waals surface area contributed by atoms with Crippen LogP contribution in [0.4, 0.5) is 0 Å². The van der Waals surface area contributed by atoms with Gasteiger partial charge < -0.3 is 38.2 Å². The number of hydrogen-bond donors (Lipinski definition) is 1. The minimum absolute atomic E-state index is 0.252. The lowest BCUT2D eigenvalue weighted by Gasteiger charge is -2.28. The van der Waals surface area contributed by atoms with Crippen LogP contribution < -0.4 is 15.7 Å². The van der Waals surface area contributed by atoms with Gasteiger partial charge in [0, 0.05) is 31.6 Å². The highest BCUT2D eigenvalue weighted by molar-refractivity contribution is 8.14. The molecule has 12 heteroatoms. The Morgan fingerprint density at radius 2 is 1.67 bits per heavy atom. The molecular formula is C27H44N2O9S. The van der Waals surface area contributed by atoms with E-state index in [0.29, 0.717) is 81.6 Å². The Balaban J connectivity index is 1.93. The first-order chi connectivity index (χ1) is 18.9. The van der Waals surface area contributed by atoms with Gasteiger partial charge in [-0.3, -0.25) is 9.79 Å². The predicted octanol–water partition coefficient (Wildman–Crippen LogP) is 3.35. The third-order valence-corrected chi connectivity index (χ3v) is 6.86. The normalized spacial score (nSPS) is 16.2. The molecule has 0 aliphatic carbocycles. The van der Waals surface area contributed by atoms with E-state index in [1.165, 1.54) is 17.8 Å². The van der Waals surface area contributed by atoms with Crippen molar-refractivity contribution in [3.63, 3.8) is 0 Å². The molecule has 1 aliphatic rings. The maximum absolute atomic E-state index is 13.1. The average molecular weight is 573 g/mol. The maximum atomic E-state index is 13.1. The van der Waals surface area contributed by atoms with Crippen LogP contribution in [0, 0.1) is 0 Å². The van der Waals surface area contributed by atoms with Crippen molar-refractivity contribution >= 4 is 22.7 Å². The maximum Gasteiger partial charge on any atom is 0.339 e. The molecule has 1 aromatic rings. The van der Waals surface area contributed by atoms with Crippen molar-refractivity contribution < 1.29 is 37.6 Å². The lowest BCUT2D eigenvalue weighted by atomic mass is 10.1. The van der Waals surface area contributed by atoms with E-state index in [1.807, 2.05) is 34.6 Å². The van der Waals surface area contributed by atoms with Crippen LogP contribution in [0.15, 0.2) is 26.3 Å². The third-order valence-electron chi connectivity index (χ3n) is 5.63. The molecule has 2 atom stereocenters. The molecule has 2 rings (SSSR count). The molecule has 0 saturated heterocycles. The number of thioether (sulfide) groups is 1. The largest absolute Gasteiger partial charge is 0.491 e. The van der Waals surface area contributed by atoms with Crippen LogP contribution in [0.5, 0.6) is 5.75 Å². The zero-order chi connectivity index (χ0) is 28.5. The van der Waals surface area contributed by atoms with Gasteiger partial charge in [-0.2, -0.15) is 0 Å². The van der Waals surface area contributed by atoms with E-state index >= 15 is 0 Å². The number of amides is 1. The lowest BCUT2D eigenvalue weighted by molar-refractivity contribution is -0.168. The van der Waals surface area contributed by atoms with Gasteiger partial charge in [0.2, 0.25) is 11.7 Å². The summed E-state index contributed by atoms with van der Waals surface area (Å²) < 4.78 is 38.8. The van der Waals surface area contributed by atoms with Gasteiger partial charge >= 0.3 is 5.63 Å². The van der Waals surface area contributed by atoms with Crippen molar-refractivity contribution in [2.24, 2.45) is 4.99 Å². The summed E-state index contributed by atoms with van der Waals surface area (Å²) in [6.07, 6.45) is 1.34. The Morgan fingerprint density at radius 3 is 2.28 bits per heavy atom. The van der Waals surface area contributed by atoms with Crippen molar-refractivity contribution in [2.75, 3.05) is 65.2 Å². The van der Waals surface area contributed by atoms with Crippen molar-refractivity contribution in [1.29, 1.82) is 0 Å². The number of carbonyl (C=O) groups is 1. The molecule has 0 spiro atoms. The van der Waals surface area contributed by atoms with E-state index in [0.717, 1.165) is 6.42 Å². The van der Waals surface area contributed by atoms with Crippen molar-refractivity contribution in [2.45, 2.75) is 65.3 Å². The topological polar surface area (TPSA) is 127 Å². The van der Waals surface area contributed by atoms with Crippen LogP contribution in [0.2, 0.25) is 0 Å². The molecule has 0 fully saturated rings. The van der Waals surface area contributed by atoms with Crippen LogP contribution in [-0.2, 0) is 28.5 Å². The first kappa shape index (κ1) is 33.2. The fourth-order valence-corrected chi connectivity index (χ4v) is 4.97. The lowest BCUT2D eigenvalue weighted by Crippen LogP contribution is -2.40. The summed E-state index contributed by atoms with van der Waals surface area (Å²) in [5.41, 5.74) is -0.553. The Kier molecular flexibility index (Phi) is 15.7. The second-order valence-electron chi connectivity index (χ2n) is 8.71. The molecule has 2 heterocycles. The van der Waals surface area contributed by atoms with Gasteiger partial charge in [-0.1, -0.05) is 13.3 Å². The summed E-state index contributed by atoms with van der Waals surface area (Å²) in [7, 11) is 0. The number of hydrogen-bond acceptors (Lipinski definition) is 11. The quantitative estimate of drug-likeness (QED) is 0.173. The SMILES string of the molecule is CCCC(NC(=O)C1CSC(C(C)(OCC)OCC)=N1)c1cc(OCCOCCOCCOCC)cc(=O)o1. The highest BCUT2D eigenvalue weighted by Crippen LogP contribution is 2.30. The van der Waals surface area contributed by atoms with Crippen LogP contribution in [0.1, 0.15) is 59.3 Å². The summed E-state index contributed by atoms with van der Waals surface area (Å²) in [6.45, 7) is 13.7. The molecule has 222 valence electrons. The number of aliphatic imine (C=N–C) groups is 1. The first-order valence-corrected chi connectivity index (χ1v) is 14.7. The zero-order valence-corrected chi connectivity index (χ0v) is 24.6. The smallest absolute Gasteiger partial charge is 0.339 e. The zero-order valence-electron chi connectivity index (χ0n) is 23.8. The molecular weight excluding hydrogens is 528 g/mol. The van der Waals surface area contributed by atoms with Crippen molar-refractivity contribution in [3.05, 3.63) is 28.3 Å². The van der Waals surface area contributed by atoms with E-state index in [-0.39, 0.29) is 12.5 Å². The van der Waals surface area contributed by atoms with Crippen LogP contribution in [0.3, 0.4) is 0 Å². The Labute approximate surface area is 235 Å². The van der Waals surface area contributed by atoms with Crippen molar-refractivity contribution in [3.8, 4) is 5.75 Å². The van der Waals surface area contributed by atoms with Gasteiger partial charge in [0.05, 0.1) is 45.1 Å². The molecule has 0 saturated carbocycles. The molecule has 1 N–H and O–H groups in total. The minimum Gasteiger partial charge on any atom is -0.491 e. The number of ether oxygens (including phenoxy) is 6. The molecule has 1 aromatic heterocycles. The van der Waals surface area contributed by atoms with Gasteiger partial charge in [0.25, 0.3) is 0 Å². The second kappa shape index (κ2) is 18.4. The predicted molar refractivity (Wildman–Crippen MR) is 150 cm³/mol. The Bertz CT molecular complexity index is 934. The third kappa shape index (κ3) is 11.6. The van der Waals surface area contributed by atoms with Gasteiger partial charge in [-0.05, 0) is 34.1 Å². The first-order valence-electron chi connectivity index (χ1n) is 13.7. The fraction of sp³-hybridized carbons (Fsp3) is 0.741. The van der Waals surface area contributed by atoms with E-state index in [4.69, 9.17) is 32.8 Å². The highest BCUT2D eigenvalue weighted by Gasteiger charge is 2.39.